The van der Waals surface area contributed by atoms with E-state index in [1.54, 1.807) is 18.1 Å². The van der Waals surface area contributed by atoms with E-state index in [0.29, 0.717) is 37.8 Å². The molecule has 0 unspecified atom stereocenters. The number of hydrogen-bond donors (Lipinski definition) is 1. The Balaban J connectivity index is 2.12. The molecule has 0 spiro atoms. The molecule has 6 heteroatoms. The first-order valence-corrected chi connectivity index (χ1v) is 5.18. The van der Waals surface area contributed by atoms with Crippen molar-refractivity contribution in [1.29, 1.82) is 0 Å². The number of aromatic nitrogens is 2. The third kappa shape index (κ3) is 2.27. The standard InChI is InChI=1S/C10H14N4O2/c1-11-9-7-12-6-8(13-9)10(15)14-2-4-16-5-3-14/h6-7H,2-5H2,1H3,(H,11,13). The van der Waals surface area contributed by atoms with Crippen molar-refractivity contribution in [2.75, 3.05) is 38.7 Å². The van der Waals surface area contributed by atoms with Gasteiger partial charge in [-0.1, -0.05) is 0 Å². The van der Waals surface area contributed by atoms with E-state index in [9.17, 15) is 4.79 Å². The van der Waals surface area contributed by atoms with Crippen molar-refractivity contribution in [3.63, 3.8) is 0 Å². The maximum atomic E-state index is 12.0. The van der Waals surface area contributed by atoms with E-state index in [2.05, 4.69) is 15.3 Å². The average Bonchev–Trinajstić information content (AvgIpc) is 2.39. The first-order chi connectivity index (χ1) is 7.81. The van der Waals surface area contributed by atoms with Gasteiger partial charge in [0, 0.05) is 20.1 Å². The summed E-state index contributed by atoms with van der Waals surface area (Å²) in [5, 5.41) is 2.86. The predicted octanol–water partition coefficient (Wildman–Crippen LogP) is -0.00930. The van der Waals surface area contributed by atoms with E-state index in [-0.39, 0.29) is 5.91 Å². The fourth-order valence-electron chi connectivity index (χ4n) is 1.52. The minimum Gasteiger partial charge on any atom is -0.378 e. The number of rotatable bonds is 2. The summed E-state index contributed by atoms with van der Waals surface area (Å²) in [6.07, 6.45) is 3.06. The zero-order chi connectivity index (χ0) is 11.4. The van der Waals surface area contributed by atoms with E-state index in [1.807, 2.05) is 0 Å². The summed E-state index contributed by atoms with van der Waals surface area (Å²) in [6.45, 7) is 2.41. The van der Waals surface area contributed by atoms with Gasteiger partial charge in [0.25, 0.3) is 5.91 Å². The van der Waals surface area contributed by atoms with Crippen LogP contribution in [0.4, 0.5) is 5.82 Å². The summed E-state index contributed by atoms with van der Waals surface area (Å²) < 4.78 is 5.19. The molecule has 0 radical (unpaired) electrons. The molecule has 1 aromatic heterocycles. The second-order valence-electron chi connectivity index (χ2n) is 3.44. The van der Waals surface area contributed by atoms with Gasteiger partial charge in [-0.25, -0.2) is 4.98 Å². The van der Waals surface area contributed by atoms with E-state index >= 15 is 0 Å². The van der Waals surface area contributed by atoms with Crippen molar-refractivity contribution in [2.45, 2.75) is 0 Å². The highest BCUT2D eigenvalue weighted by atomic mass is 16.5. The van der Waals surface area contributed by atoms with Crippen molar-refractivity contribution in [2.24, 2.45) is 0 Å². The van der Waals surface area contributed by atoms with Crippen LogP contribution in [-0.4, -0.2) is 54.1 Å². The lowest BCUT2D eigenvalue weighted by atomic mass is 10.3. The van der Waals surface area contributed by atoms with Gasteiger partial charge in [-0.15, -0.1) is 0 Å². The summed E-state index contributed by atoms with van der Waals surface area (Å²) in [5.41, 5.74) is 0.369. The molecule has 1 aliphatic rings. The highest BCUT2D eigenvalue weighted by molar-refractivity contribution is 5.92. The Morgan fingerprint density at radius 2 is 2.19 bits per heavy atom. The van der Waals surface area contributed by atoms with Crippen LogP contribution in [0.15, 0.2) is 12.4 Å². The van der Waals surface area contributed by atoms with Crippen LogP contribution in [0.3, 0.4) is 0 Å². The number of carbonyl (C=O) groups excluding carboxylic acids is 1. The van der Waals surface area contributed by atoms with Gasteiger partial charge in [-0.3, -0.25) is 9.78 Å². The largest absolute Gasteiger partial charge is 0.378 e. The molecule has 1 saturated heterocycles. The summed E-state index contributed by atoms with van der Waals surface area (Å²) >= 11 is 0. The van der Waals surface area contributed by atoms with Crippen LogP contribution in [0.5, 0.6) is 0 Å². The molecule has 2 rings (SSSR count). The van der Waals surface area contributed by atoms with Gasteiger partial charge >= 0.3 is 0 Å². The molecule has 0 saturated carbocycles. The number of amides is 1. The van der Waals surface area contributed by atoms with Crippen LogP contribution in [0, 0.1) is 0 Å². The summed E-state index contributed by atoms with van der Waals surface area (Å²) in [5.74, 6) is 0.506. The quantitative estimate of drug-likeness (QED) is 0.762. The molecule has 1 N–H and O–H groups in total. The normalized spacial score (nSPS) is 15.9. The van der Waals surface area contributed by atoms with Gasteiger partial charge in [-0.05, 0) is 0 Å². The van der Waals surface area contributed by atoms with Crippen LogP contribution >= 0.6 is 0 Å². The van der Waals surface area contributed by atoms with Crippen molar-refractivity contribution in [3.8, 4) is 0 Å². The molecule has 16 heavy (non-hydrogen) atoms. The Morgan fingerprint density at radius 1 is 1.44 bits per heavy atom. The van der Waals surface area contributed by atoms with Crippen molar-refractivity contribution in [1.82, 2.24) is 14.9 Å². The maximum Gasteiger partial charge on any atom is 0.274 e. The Labute approximate surface area is 93.6 Å². The molecule has 6 nitrogen and oxygen atoms in total. The number of hydrogen-bond acceptors (Lipinski definition) is 5. The Morgan fingerprint density at radius 3 is 2.88 bits per heavy atom. The van der Waals surface area contributed by atoms with E-state index < -0.39 is 0 Å². The smallest absolute Gasteiger partial charge is 0.274 e. The molecule has 1 aromatic rings. The number of carbonyl (C=O) groups is 1. The fourth-order valence-corrected chi connectivity index (χ4v) is 1.52. The summed E-state index contributed by atoms with van der Waals surface area (Å²) in [6, 6.07) is 0. The fraction of sp³-hybridized carbons (Fsp3) is 0.500. The van der Waals surface area contributed by atoms with Crippen molar-refractivity contribution >= 4 is 11.7 Å². The molecule has 2 heterocycles. The highest BCUT2D eigenvalue weighted by Crippen LogP contribution is 2.06. The second-order valence-corrected chi connectivity index (χ2v) is 3.44. The molecule has 1 amide bonds. The molecule has 0 aromatic carbocycles. The van der Waals surface area contributed by atoms with Gasteiger partial charge in [0.2, 0.25) is 0 Å². The minimum atomic E-state index is -0.0899. The lowest BCUT2D eigenvalue weighted by molar-refractivity contribution is 0.0299. The number of anilines is 1. The third-order valence-electron chi connectivity index (χ3n) is 2.41. The molecule has 0 aliphatic carbocycles. The Hall–Kier alpha value is -1.69. The van der Waals surface area contributed by atoms with Crippen LogP contribution in [0.2, 0.25) is 0 Å². The number of nitrogens with one attached hydrogen (secondary N) is 1. The zero-order valence-electron chi connectivity index (χ0n) is 9.14. The molecule has 0 bridgehead atoms. The minimum absolute atomic E-state index is 0.0899. The highest BCUT2D eigenvalue weighted by Gasteiger charge is 2.19. The molecule has 1 aliphatic heterocycles. The van der Waals surface area contributed by atoms with Gasteiger partial charge in [-0.2, -0.15) is 0 Å². The van der Waals surface area contributed by atoms with Crippen molar-refractivity contribution < 1.29 is 9.53 Å². The van der Waals surface area contributed by atoms with E-state index in [4.69, 9.17) is 4.74 Å². The SMILES string of the molecule is CNc1cncc(C(=O)N2CCOCC2)n1. The number of ether oxygens (including phenoxy) is 1. The molecular weight excluding hydrogens is 208 g/mol. The first kappa shape index (κ1) is 10.8. The summed E-state index contributed by atoms with van der Waals surface area (Å²) in [4.78, 5) is 21.9. The van der Waals surface area contributed by atoms with E-state index in [1.165, 1.54) is 6.20 Å². The first-order valence-electron chi connectivity index (χ1n) is 5.18. The molecular formula is C10H14N4O2. The zero-order valence-corrected chi connectivity index (χ0v) is 9.14. The topological polar surface area (TPSA) is 67.4 Å². The van der Waals surface area contributed by atoms with Crippen LogP contribution in [0.25, 0.3) is 0 Å². The maximum absolute atomic E-state index is 12.0. The van der Waals surface area contributed by atoms with E-state index in [0.717, 1.165) is 0 Å². The van der Waals surface area contributed by atoms with Gasteiger partial charge in [0.1, 0.15) is 11.5 Å². The van der Waals surface area contributed by atoms with Gasteiger partial charge in [0.15, 0.2) is 0 Å². The van der Waals surface area contributed by atoms with Gasteiger partial charge in [0.05, 0.1) is 25.6 Å². The second kappa shape index (κ2) is 4.89. The van der Waals surface area contributed by atoms with Crippen LogP contribution in [0.1, 0.15) is 10.5 Å². The number of morpholine rings is 1. The lowest BCUT2D eigenvalue weighted by Gasteiger charge is -2.26. The monoisotopic (exact) mass is 222 g/mol. The van der Waals surface area contributed by atoms with Crippen LogP contribution in [-0.2, 0) is 4.74 Å². The molecule has 1 fully saturated rings. The summed E-state index contributed by atoms with van der Waals surface area (Å²) in [7, 11) is 1.74. The van der Waals surface area contributed by atoms with Gasteiger partial charge < -0.3 is 15.0 Å². The molecule has 0 atom stereocenters. The molecule has 86 valence electrons. The Bertz CT molecular complexity index is 377. The lowest BCUT2D eigenvalue weighted by Crippen LogP contribution is -2.41. The number of nitrogens with zero attached hydrogens (tertiary/aromatic N) is 3. The van der Waals surface area contributed by atoms with Crippen molar-refractivity contribution in [3.05, 3.63) is 18.1 Å². The average molecular weight is 222 g/mol. The third-order valence-corrected chi connectivity index (χ3v) is 2.41. The Kier molecular flexibility index (Phi) is 3.31. The predicted molar refractivity (Wildman–Crippen MR) is 58.3 cm³/mol. The van der Waals surface area contributed by atoms with Crippen LogP contribution < -0.4 is 5.32 Å².